The van der Waals surface area contributed by atoms with E-state index in [1.54, 1.807) is 23.1 Å². The molecule has 20 heavy (non-hydrogen) atoms. The molecule has 0 fully saturated rings. The highest BCUT2D eigenvalue weighted by molar-refractivity contribution is 8.03. The third-order valence-corrected chi connectivity index (χ3v) is 5.48. The number of benzene rings is 2. The third-order valence-electron chi connectivity index (χ3n) is 3.33. The summed E-state index contributed by atoms with van der Waals surface area (Å²) in [5.74, 6) is 0. The molecule has 2 nitrogen and oxygen atoms in total. The number of fused-ring (bicyclic) bond motifs is 2. The Morgan fingerprint density at radius 1 is 1.05 bits per heavy atom. The molecule has 0 saturated carbocycles. The van der Waals surface area contributed by atoms with Gasteiger partial charge in [0.1, 0.15) is 5.01 Å². The van der Waals surface area contributed by atoms with Crippen LogP contribution in [0.2, 0.25) is 0 Å². The number of hydrogen-bond donors (Lipinski definition) is 0. The molecule has 0 radical (unpaired) electrons. The molecule has 1 aromatic heterocycles. The Balaban J connectivity index is 1.75. The zero-order chi connectivity index (χ0) is 13.5. The molecule has 0 amide bonds. The van der Waals surface area contributed by atoms with Crippen LogP contribution in [0, 0.1) is 0 Å². The maximum atomic E-state index is 4.68. The Bertz CT molecular complexity index is 787. The fourth-order valence-corrected chi connectivity index (χ4v) is 4.37. The van der Waals surface area contributed by atoms with E-state index in [0.717, 1.165) is 10.5 Å². The summed E-state index contributed by atoms with van der Waals surface area (Å²) in [4.78, 5) is 8.21. The van der Waals surface area contributed by atoms with Crippen molar-refractivity contribution in [3.8, 4) is 0 Å². The first-order valence-corrected chi connectivity index (χ1v) is 8.02. The van der Waals surface area contributed by atoms with Crippen LogP contribution in [0.3, 0.4) is 0 Å². The summed E-state index contributed by atoms with van der Waals surface area (Å²) in [6.45, 7) is 0. The molecule has 0 spiro atoms. The number of thioether (sulfide) groups is 1. The SMILES string of the molecule is CN1C(=Cc2nc3ccccc3s2)Sc2ccccc21. The van der Waals surface area contributed by atoms with Crippen LogP contribution in [0.25, 0.3) is 16.3 Å². The van der Waals surface area contributed by atoms with Crippen molar-refractivity contribution in [3.63, 3.8) is 0 Å². The van der Waals surface area contributed by atoms with Crippen LogP contribution in [0.4, 0.5) is 5.69 Å². The van der Waals surface area contributed by atoms with Crippen molar-refractivity contribution >= 4 is 45.1 Å². The second kappa shape index (κ2) is 4.65. The van der Waals surface area contributed by atoms with E-state index in [4.69, 9.17) is 0 Å². The predicted octanol–water partition coefficient (Wildman–Crippen LogP) is 4.84. The summed E-state index contributed by atoms with van der Waals surface area (Å²) in [6, 6.07) is 16.8. The lowest BCUT2D eigenvalue weighted by atomic mass is 10.3. The summed E-state index contributed by atoms with van der Waals surface area (Å²) in [5.41, 5.74) is 2.34. The van der Waals surface area contributed by atoms with Crippen molar-refractivity contribution in [2.24, 2.45) is 0 Å². The topological polar surface area (TPSA) is 16.1 Å². The maximum absolute atomic E-state index is 4.68. The number of hydrogen-bond acceptors (Lipinski definition) is 4. The summed E-state index contributed by atoms with van der Waals surface area (Å²) < 4.78 is 1.24. The van der Waals surface area contributed by atoms with Gasteiger partial charge in [0.2, 0.25) is 0 Å². The lowest BCUT2D eigenvalue weighted by Crippen LogP contribution is -2.08. The molecular weight excluding hydrogens is 284 g/mol. The first-order chi connectivity index (χ1) is 9.81. The van der Waals surface area contributed by atoms with Gasteiger partial charge in [-0.05, 0) is 24.3 Å². The average Bonchev–Trinajstić information content (AvgIpc) is 3.01. The molecule has 1 aliphatic heterocycles. The lowest BCUT2D eigenvalue weighted by molar-refractivity contribution is 1.18. The van der Waals surface area contributed by atoms with Gasteiger partial charge in [0.15, 0.2) is 0 Å². The highest BCUT2D eigenvalue weighted by atomic mass is 32.2. The first-order valence-electron chi connectivity index (χ1n) is 6.39. The number of para-hydroxylation sites is 2. The summed E-state index contributed by atoms with van der Waals surface area (Å²) in [6.07, 6.45) is 2.18. The monoisotopic (exact) mass is 296 g/mol. The number of thiazole rings is 1. The van der Waals surface area contributed by atoms with Gasteiger partial charge >= 0.3 is 0 Å². The van der Waals surface area contributed by atoms with E-state index in [9.17, 15) is 0 Å². The van der Waals surface area contributed by atoms with Gasteiger partial charge in [-0.25, -0.2) is 4.98 Å². The van der Waals surface area contributed by atoms with Crippen molar-refractivity contribution in [2.75, 3.05) is 11.9 Å². The average molecular weight is 296 g/mol. The Morgan fingerprint density at radius 2 is 1.85 bits per heavy atom. The number of anilines is 1. The molecule has 0 aliphatic carbocycles. The minimum absolute atomic E-state index is 1.06. The molecule has 0 unspecified atom stereocenters. The third kappa shape index (κ3) is 1.92. The molecular formula is C16H12N2S2. The van der Waals surface area contributed by atoms with Crippen LogP contribution in [0.5, 0.6) is 0 Å². The van der Waals surface area contributed by atoms with Crippen molar-refractivity contribution in [3.05, 3.63) is 58.6 Å². The second-order valence-corrected chi connectivity index (χ2v) is 6.76. The van der Waals surface area contributed by atoms with Gasteiger partial charge < -0.3 is 4.90 Å². The largest absolute Gasteiger partial charge is 0.338 e. The highest BCUT2D eigenvalue weighted by Gasteiger charge is 2.21. The second-order valence-electron chi connectivity index (χ2n) is 4.63. The predicted molar refractivity (Wildman–Crippen MR) is 88.3 cm³/mol. The van der Waals surface area contributed by atoms with Gasteiger partial charge in [-0.15, -0.1) is 11.3 Å². The van der Waals surface area contributed by atoms with Gasteiger partial charge in [0.05, 0.1) is 20.9 Å². The minimum atomic E-state index is 1.06. The van der Waals surface area contributed by atoms with E-state index in [1.807, 2.05) is 6.07 Å². The van der Waals surface area contributed by atoms with Crippen LogP contribution in [0.1, 0.15) is 5.01 Å². The van der Waals surface area contributed by atoms with Crippen molar-refractivity contribution < 1.29 is 0 Å². The van der Waals surface area contributed by atoms with Gasteiger partial charge in [-0.2, -0.15) is 0 Å². The van der Waals surface area contributed by atoms with E-state index in [0.29, 0.717) is 0 Å². The lowest BCUT2D eigenvalue weighted by Gasteiger charge is -2.12. The van der Waals surface area contributed by atoms with Crippen LogP contribution >= 0.6 is 23.1 Å². The van der Waals surface area contributed by atoms with Gasteiger partial charge in [0, 0.05) is 18.0 Å². The standard InChI is InChI=1S/C16H12N2S2/c1-18-12-7-3-5-9-14(12)20-16(18)10-15-17-11-6-2-4-8-13(11)19-15/h2-10H,1H3. The quantitative estimate of drug-likeness (QED) is 0.639. The minimum Gasteiger partial charge on any atom is -0.338 e. The fourth-order valence-electron chi connectivity index (χ4n) is 2.30. The highest BCUT2D eigenvalue weighted by Crippen LogP contribution is 2.45. The van der Waals surface area contributed by atoms with E-state index in [-0.39, 0.29) is 0 Å². The maximum Gasteiger partial charge on any atom is 0.119 e. The van der Waals surface area contributed by atoms with Crippen LogP contribution in [-0.4, -0.2) is 12.0 Å². The number of rotatable bonds is 1. The molecule has 4 heteroatoms. The first kappa shape index (κ1) is 12.0. The van der Waals surface area contributed by atoms with Gasteiger partial charge in [0.25, 0.3) is 0 Å². The Kier molecular flexibility index (Phi) is 2.79. The molecule has 3 aromatic rings. The number of nitrogens with zero attached hydrogens (tertiary/aromatic N) is 2. The Hall–Kier alpha value is -1.78. The van der Waals surface area contributed by atoms with E-state index < -0.39 is 0 Å². The molecule has 1 aliphatic rings. The molecule has 0 N–H and O–H groups in total. The van der Waals surface area contributed by atoms with Crippen molar-refractivity contribution in [1.29, 1.82) is 0 Å². The summed E-state index contributed by atoms with van der Waals surface area (Å²) in [5, 5.41) is 2.29. The van der Waals surface area contributed by atoms with Gasteiger partial charge in [-0.1, -0.05) is 36.0 Å². The van der Waals surface area contributed by atoms with Crippen molar-refractivity contribution in [1.82, 2.24) is 4.98 Å². The molecule has 98 valence electrons. The molecule has 4 rings (SSSR count). The van der Waals surface area contributed by atoms with Gasteiger partial charge in [-0.3, -0.25) is 0 Å². The fraction of sp³-hybridized carbons (Fsp3) is 0.0625. The molecule has 2 heterocycles. The molecule has 0 saturated heterocycles. The van der Waals surface area contributed by atoms with Crippen molar-refractivity contribution in [2.45, 2.75) is 4.90 Å². The van der Waals surface area contributed by atoms with E-state index in [1.165, 1.54) is 20.3 Å². The smallest absolute Gasteiger partial charge is 0.119 e. The number of aromatic nitrogens is 1. The van der Waals surface area contributed by atoms with Crippen LogP contribution in [0.15, 0.2) is 58.5 Å². The summed E-state index contributed by atoms with van der Waals surface area (Å²) >= 11 is 3.54. The summed E-state index contributed by atoms with van der Waals surface area (Å²) in [7, 11) is 2.11. The molecule has 0 atom stereocenters. The Labute approximate surface area is 125 Å². The normalized spacial score (nSPS) is 16.1. The zero-order valence-corrected chi connectivity index (χ0v) is 12.5. The van der Waals surface area contributed by atoms with E-state index in [2.05, 4.69) is 65.5 Å². The van der Waals surface area contributed by atoms with Crippen LogP contribution < -0.4 is 4.90 Å². The Morgan fingerprint density at radius 3 is 2.70 bits per heavy atom. The zero-order valence-electron chi connectivity index (χ0n) is 10.9. The van der Waals surface area contributed by atoms with Crippen LogP contribution in [-0.2, 0) is 0 Å². The molecule has 0 bridgehead atoms. The molecule has 2 aromatic carbocycles. The van der Waals surface area contributed by atoms with E-state index >= 15 is 0 Å².